The molecule has 0 N–H and O–H groups in total. The molecule has 0 aliphatic heterocycles. The molecule has 0 spiro atoms. The first-order valence-corrected chi connectivity index (χ1v) is 9.60. The van der Waals surface area contributed by atoms with Gasteiger partial charge in [0.2, 0.25) is 0 Å². The van der Waals surface area contributed by atoms with Crippen LogP contribution in [0.15, 0.2) is 47.0 Å². The number of ether oxygens (including phenoxy) is 2. The highest BCUT2D eigenvalue weighted by atomic mass is 79.9. The summed E-state index contributed by atoms with van der Waals surface area (Å²) >= 11 is 3.34. The van der Waals surface area contributed by atoms with Gasteiger partial charge in [0.05, 0.1) is 18.3 Å². The van der Waals surface area contributed by atoms with E-state index in [1.165, 1.54) is 6.07 Å². The van der Waals surface area contributed by atoms with E-state index in [-0.39, 0.29) is 23.6 Å². The molecule has 2 aromatic rings. The Morgan fingerprint density at radius 3 is 2.43 bits per heavy atom. The van der Waals surface area contributed by atoms with Gasteiger partial charge >= 0.3 is 12.3 Å². The first-order chi connectivity index (χ1) is 13.8. The molecule has 0 bridgehead atoms. The number of fused-ring (bicyclic) bond motifs is 1. The van der Waals surface area contributed by atoms with Crippen molar-refractivity contribution in [2.24, 2.45) is 0 Å². The van der Waals surface area contributed by atoms with Crippen molar-refractivity contribution in [3.05, 3.63) is 47.0 Å². The maximum absolute atomic E-state index is 13.0. The molecule has 9 heteroatoms. The average Bonchev–Trinajstić information content (AvgIpc) is 2.61. The van der Waals surface area contributed by atoms with Gasteiger partial charge < -0.3 is 9.47 Å². The van der Waals surface area contributed by atoms with E-state index >= 15 is 0 Å². The van der Waals surface area contributed by atoms with Crippen LogP contribution >= 0.6 is 15.9 Å². The minimum absolute atomic E-state index is 0.0228. The summed E-state index contributed by atoms with van der Waals surface area (Å²) < 4.78 is 49.5. The third-order valence-electron chi connectivity index (χ3n) is 3.70. The zero-order chi connectivity index (χ0) is 22.7. The number of carbonyl (C=O) groups excluding carboxylic acids is 1. The van der Waals surface area contributed by atoms with Crippen LogP contribution in [0.25, 0.3) is 10.8 Å². The van der Waals surface area contributed by atoms with Crippen LogP contribution in [0.4, 0.5) is 23.7 Å². The Morgan fingerprint density at radius 2 is 1.87 bits per heavy atom. The summed E-state index contributed by atoms with van der Waals surface area (Å²) in [5.74, 6) is -0.172. The van der Waals surface area contributed by atoms with Gasteiger partial charge in [-0.2, -0.15) is 18.4 Å². The molecular weight excluding hydrogens is 465 g/mol. The van der Waals surface area contributed by atoms with E-state index in [0.29, 0.717) is 15.2 Å². The fraction of sp³-hybridized carbons (Fsp3) is 0.333. The SMILES string of the molecule is C=C(C#N)CN(C(=O)OC(C)(C)C)c1c(OCC(F)(F)F)ccc2ccc(Br)cc12. The molecule has 0 radical (unpaired) electrons. The molecule has 5 nitrogen and oxygen atoms in total. The number of amides is 1. The van der Waals surface area contributed by atoms with Crippen LogP contribution in [0.5, 0.6) is 5.75 Å². The Labute approximate surface area is 180 Å². The Balaban J connectivity index is 2.71. The van der Waals surface area contributed by atoms with E-state index < -0.39 is 24.5 Å². The summed E-state index contributed by atoms with van der Waals surface area (Å²) in [5.41, 5.74) is -0.792. The molecule has 2 rings (SSSR count). The summed E-state index contributed by atoms with van der Waals surface area (Å²) in [6.45, 7) is 6.74. The standard InChI is InChI=1S/C21H20BrF3N2O3/c1-13(10-26)11-27(19(28)30-20(2,3)4)18-16-9-15(22)7-5-14(16)6-8-17(18)29-12-21(23,24)25/h5-9H,1,11-12H2,2-4H3. The number of carbonyl (C=O) groups is 1. The molecule has 0 unspecified atom stereocenters. The minimum atomic E-state index is -4.57. The van der Waals surface area contributed by atoms with Crippen LogP contribution in [0.2, 0.25) is 0 Å². The molecule has 0 heterocycles. The van der Waals surface area contributed by atoms with Crippen LogP contribution in [0, 0.1) is 11.3 Å². The van der Waals surface area contributed by atoms with Crippen molar-refractivity contribution in [1.29, 1.82) is 5.26 Å². The fourth-order valence-electron chi connectivity index (χ4n) is 2.59. The number of hydrogen-bond acceptors (Lipinski definition) is 4. The quantitative estimate of drug-likeness (QED) is 0.462. The number of nitrogens with zero attached hydrogens (tertiary/aromatic N) is 2. The van der Waals surface area contributed by atoms with Crippen LogP contribution in [-0.2, 0) is 4.74 Å². The van der Waals surface area contributed by atoms with Gasteiger partial charge in [0.25, 0.3) is 0 Å². The lowest BCUT2D eigenvalue weighted by atomic mass is 10.1. The molecule has 0 saturated heterocycles. The summed E-state index contributed by atoms with van der Waals surface area (Å²) in [6.07, 6.45) is -5.42. The normalized spacial score (nSPS) is 11.7. The molecule has 160 valence electrons. The predicted molar refractivity (Wildman–Crippen MR) is 112 cm³/mol. The second kappa shape index (κ2) is 8.96. The molecule has 0 fully saturated rings. The number of hydrogen-bond donors (Lipinski definition) is 0. The highest BCUT2D eigenvalue weighted by Crippen LogP contribution is 2.39. The first-order valence-electron chi connectivity index (χ1n) is 8.81. The van der Waals surface area contributed by atoms with Gasteiger partial charge in [0.1, 0.15) is 11.4 Å². The van der Waals surface area contributed by atoms with Crippen LogP contribution in [-0.4, -0.2) is 31.0 Å². The highest BCUT2D eigenvalue weighted by molar-refractivity contribution is 9.10. The smallest absolute Gasteiger partial charge is 0.422 e. The Morgan fingerprint density at radius 1 is 1.23 bits per heavy atom. The zero-order valence-corrected chi connectivity index (χ0v) is 18.2. The maximum Gasteiger partial charge on any atom is 0.422 e. The van der Waals surface area contributed by atoms with Crippen molar-refractivity contribution in [2.75, 3.05) is 18.1 Å². The molecule has 0 atom stereocenters. The Bertz CT molecular complexity index is 1010. The molecule has 0 aliphatic rings. The van der Waals surface area contributed by atoms with E-state index in [9.17, 15) is 18.0 Å². The third kappa shape index (κ3) is 6.39. The first kappa shape index (κ1) is 23.5. The van der Waals surface area contributed by atoms with Gasteiger partial charge in [-0.15, -0.1) is 0 Å². The van der Waals surface area contributed by atoms with Crippen LogP contribution < -0.4 is 9.64 Å². The van der Waals surface area contributed by atoms with Crippen molar-refractivity contribution < 1.29 is 27.4 Å². The number of alkyl halides is 3. The predicted octanol–water partition coefficient (Wildman–Crippen LogP) is 6.36. The number of halogens is 4. The maximum atomic E-state index is 13.0. The Hall–Kier alpha value is -2.73. The molecular formula is C21H20BrF3N2O3. The second-order valence-corrected chi connectivity index (χ2v) is 8.38. The third-order valence-corrected chi connectivity index (χ3v) is 4.19. The van der Waals surface area contributed by atoms with Crippen LogP contribution in [0.3, 0.4) is 0 Å². The van der Waals surface area contributed by atoms with Crippen molar-refractivity contribution in [1.82, 2.24) is 0 Å². The zero-order valence-electron chi connectivity index (χ0n) is 16.6. The number of rotatable bonds is 5. The summed E-state index contributed by atoms with van der Waals surface area (Å²) in [6, 6.07) is 9.93. The van der Waals surface area contributed by atoms with E-state index in [4.69, 9.17) is 14.7 Å². The monoisotopic (exact) mass is 484 g/mol. The molecule has 0 aliphatic carbocycles. The van der Waals surface area contributed by atoms with Crippen molar-refractivity contribution >= 4 is 38.5 Å². The summed E-state index contributed by atoms with van der Waals surface area (Å²) in [5, 5.41) is 10.3. The number of nitriles is 1. The van der Waals surface area contributed by atoms with Crippen molar-refractivity contribution in [3.8, 4) is 11.8 Å². The average molecular weight is 485 g/mol. The lowest BCUT2D eigenvalue weighted by Crippen LogP contribution is -2.38. The van der Waals surface area contributed by atoms with E-state index in [2.05, 4.69) is 22.5 Å². The van der Waals surface area contributed by atoms with Gasteiger partial charge in [-0.3, -0.25) is 4.90 Å². The molecule has 2 aromatic carbocycles. The van der Waals surface area contributed by atoms with E-state index in [0.717, 1.165) is 4.90 Å². The van der Waals surface area contributed by atoms with Gasteiger partial charge in [0, 0.05) is 15.4 Å². The van der Waals surface area contributed by atoms with Crippen LogP contribution in [0.1, 0.15) is 20.8 Å². The molecule has 0 aromatic heterocycles. The minimum Gasteiger partial charge on any atom is -0.482 e. The highest BCUT2D eigenvalue weighted by Gasteiger charge is 2.32. The van der Waals surface area contributed by atoms with Crippen molar-refractivity contribution in [2.45, 2.75) is 32.5 Å². The van der Waals surface area contributed by atoms with Gasteiger partial charge in [-0.05, 0) is 44.4 Å². The van der Waals surface area contributed by atoms with Gasteiger partial charge in [0.15, 0.2) is 6.61 Å². The lowest BCUT2D eigenvalue weighted by molar-refractivity contribution is -0.153. The molecule has 0 saturated carbocycles. The molecule has 30 heavy (non-hydrogen) atoms. The summed E-state index contributed by atoms with van der Waals surface area (Å²) in [4.78, 5) is 14.0. The lowest BCUT2D eigenvalue weighted by Gasteiger charge is -2.29. The molecule has 1 amide bonds. The van der Waals surface area contributed by atoms with Gasteiger partial charge in [-0.1, -0.05) is 34.6 Å². The van der Waals surface area contributed by atoms with E-state index in [1.54, 1.807) is 45.0 Å². The second-order valence-electron chi connectivity index (χ2n) is 7.46. The largest absolute Gasteiger partial charge is 0.482 e. The fourth-order valence-corrected chi connectivity index (χ4v) is 2.95. The van der Waals surface area contributed by atoms with Gasteiger partial charge in [-0.25, -0.2) is 4.79 Å². The Kier molecular flexibility index (Phi) is 7.03. The van der Waals surface area contributed by atoms with E-state index in [1.807, 2.05) is 6.07 Å². The topological polar surface area (TPSA) is 62.6 Å². The number of anilines is 1. The summed E-state index contributed by atoms with van der Waals surface area (Å²) in [7, 11) is 0. The number of benzene rings is 2. The van der Waals surface area contributed by atoms with Crippen molar-refractivity contribution in [3.63, 3.8) is 0 Å².